The summed E-state index contributed by atoms with van der Waals surface area (Å²) >= 11 is 0. The number of ether oxygens (including phenoxy) is 1. The minimum Gasteiger partial charge on any atom is -0.464 e. The highest BCUT2D eigenvalue weighted by Crippen LogP contribution is 2.28. The molecule has 0 aliphatic heterocycles. The van der Waals surface area contributed by atoms with Gasteiger partial charge in [0.15, 0.2) is 0 Å². The summed E-state index contributed by atoms with van der Waals surface area (Å²) in [5, 5.41) is 10.8. The number of hydrogen-bond donors (Lipinski definition) is 0. The third-order valence-corrected chi connectivity index (χ3v) is 2.45. The number of rotatable bonds is 2. The fourth-order valence-corrected chi connectivity index (χ4v) is 1.62. The molecule has 0 aromatic carbocycles. The topological polar surface area (TPSA) is 74.4 Å². The van der Waals surface area contributed by atoms with Crippen LogP contribution in [0.3, 0.4) is 0 Å². The third kappa shape index (κ3) is 1.58. The molecule has 15 heavy (non-hydrogen) atoms. The van der Waals surface area contributed by atoms with Gasteiger partial charge in [0.25, 0.3) is 5.69 Å². The fourth-order valence-electron chi connectivity index (χ4n) is 1.62. The molecule has 1 rings (SSSR count). The molecular formula is C9H12N2O4. The SMILES string of the molecule is COC(=O)c1c(C)c([N+](=O)[O-])c(C)n1C. The lowest BCUT2D eigenvalue weighted by Gasteiger charge is -2.01. The zero-order valence-electron chi connectivity index (χ0n) is 9.03. The van der Waals surface area contributed by atoms with Crippen LogP contribution in [-0.2, 0) is 11.8 Å². The van der Waals surface area contributed by atoms with Crippen molar-refractivity contribution in [2.75, 3.05) is 7.11 Å². The van der Waals surface area contributed by atoms with E-state index in [-0.39, 0.29) is 11.4 Å². The summed E-state index contributed by atoms with van der Waals surface area (Å²) in [7, 11) is 2.84. The summed E-state index contributed by atoms with van der Waals surface area (Å²) in [4.78, 5) is 21.6. The minimum absolute atomic E-state index is 0.0297. The molecule has 0 spiro atoms. The maximum absolute atomic E-state index is 11.4. The smallest absolute Gasteiger partial charge is 0.355 e. The summed E-state index contributed by atoms with van der Waals surface area (Å²) < 4.78 is 6.04. The van der Waals surface area contributed by atoms with Crippen LogP contribution in [0, 0.1) is 24.0 Å². The Hall–Kier alpha value is -1.85. The van der Waals surface area contributed by atoms with E-state index in [0.717, 1.165) is 0 Å². The van der Waals surface area contributed by atoms with Crippen LogP contribution in [0.1, 0.15) is 21.7 Å². The van der Waals surface area contributed by atoms with Crippen molar-refractivity contribution in [3.05, 3.63) is 27.1 Å². The Balaban J connectivity index is 3.49. The average Bonchev–Trinajstić information content (AvgIpc) is 2.37. The van der Waals surface area contributed by atoms with Crippen molar-refractivity contribution in [2.24, 2.45) is 7.05 Å². The van der Waals surface area contributed by atoms with E-state index in [2.05, 4.69) is 4.74 Å². The molecule has 1 aromatic heterocycles. The number of nitro groups is 1. The number of hydrogen-bond acceptors (Lipinski definition) is 4. The van der Waals surface area contributed by atoms with Gasteiger partial charge in [0.1, 0.15) is 5.69 Å². The highest BCUT2D eigenvalue weighted by molar-refractivity contribution is 5.91. The van der Waals surface area contributed by atoms with Crippen LogP contribution in [0.15, 0.2) is 0 Å². The standard InChI is InChI=1S/C9H12N2O4/c1-5-7(11(13)14)6(2)10(3)8(5)9(12)15-4/h1-4H3. The van der Waals surface area contributed by atoms with E-state index >= 15 is 0 Å². The molecule has 0 radical (unpaired) electrons. The average molecular weight is 212 g/mol. The van der Waals surface area contributed by atoms with E-state index in [0.29, 0.717) is 11.3 Å². The van der Waals surface area contributed by atoms with Gasteiger partial charge in [-0.2, -0.15) is 0 Å². The number of aromatic nitrogens is 1. The predicted octanol–water partition coefficient (Wildman–Crippen LogP) is 1.34. The highest BCUT2D eigenvalue weighted by atomic mass is 16.6. The predicted molar refractivity (Wildman–Crippen MR) is 52.9 cm³/mol. The Kier molecular flexibility index (Phi) is 2.78. The van der Waals surface area contributed by atoms with E-state index < -0.39 is 10.9 Å². The molecule has 0 aliphatic rings. The van der Waals surface area contributed by atoms with Crippen molar-refractivity contribution < 1.29 is 14.5 Å². The van der Waals surface area contributed by atoms with Gasteiger partial charge in [-0.25, -0.2) is 4.79 Å². The van der Waals surface area contributed by atoms with Gasteiger partial charge in [-0.3, -0.25) is 10.1 Å². The van der Waals surface area contributed by atoms with Gasteiger partial charge in [0.05, 0.1) is 23.3 Å². The summed E-state index contributed by atoms with van der Waals surface area (Å²) in [5.74, 6) is -0.564. The largest absolute Gasteiger partial charge is 0.464 e. The van der Waals surface area contributed by atoms with E-state index in [1.165, 1.54) is 18.6 Å². The summed E-state index contributed by atoms with van der Waals surface area (Å²) in [6.45, 7) is 3.13. The first-order valence-corrected chi connectivity index (χ1v) is 4.30. The van der Waals surface area contributed by atoms with E-state index in [4.69, 9.17) is 0 Å². The first-order chi connectivity index (χ1) is 6.91. The molecule has 0 fully saturated rings. The number of esters is 1. The fraction of sp³-hybridized carbons (Fsp3) is 0.444. The van der Waals surface area contributed by atoms with Crippen LogP contribution in [-0.4, -0.2) is 22.6 Å². The number of carbonyl (C=O) groups is 1. The first kappa shape index (κ1) is 11.2. The Morgan fingerprint density at radius 2 is 2.00 bits per heavy atom. The lowest BCUT2D eigenvalue weighted by Crippen LogP contribution is -2.09. The zero-order valence-corrected chi connectivity index (χ0v) is 9.03. The zero-order chi connectivity index (χ0) is 11.7. The molecule has 0 saturated carbocycles. The molecule has 0 bridgehead atoms. The van der Waals surface area contributed by atoms with E-state index in [1.54, 1.807) is 14.0 Å². The molecule has 0 atom stereocenters. The van der Waals surface area contributed by atoms with E-state index in [1.807, 2.05) is 0 Å². The molecule has 6 heteroatoms. The van der Waals surface area contributed by atoms with Crippen molar-refractivity contribution in [1.82, 2.24) is 4.57 Å². The second-order valence-corrected chi connectivity index (χ2v) is 3.22. The Labute approximate surface area is 86.6 Å². The summed E-state index contributed by atoms with van der Waals surface area (Å²) in [5.41, 5.74) is 0.976. The van der Waals surface area contributed by atoms with Gasteiger partial charge >= 0.3 is 5.97 Å². The molecule has 1 aromatic rings. The Morgan fingerprint density at radius 3 is 2.33 bits per heavy atom. The van der Waals surface area contributed by atoms with Crippen LogP contribution < -0.4 is 0 Å². The Bertz CT molecular complexity index is 434. The molecule has 82 valence electrons. The lowest BCUT2D eigenvalue weighted by atomic mass is 10.2. The number of carbonyl (C=O) groups excluding carboxylic acids is 1. The molecule has 0 unspecified atom stereocenters. The molecule has 0 aliphatic carbocycles. The van der Waals surface area contributed by atoms with Gasteiger partial charge in [-0.1, -0.05) is 0 Å². The van der Waals surface area contributed by atoms with Gasteiger partial charge in [0.2, 0.25) is 0 Å². The monoisotopic (exact) mass is 212 g/mol. The molecular weight excluding hydrogens is 200 g/mol. The second-order valence-electron chi connectivity index (χ2n) is 3.22. The van der Waals surface area contributed by atoms with Crippen LogP contribution in [0.2, 0.25) is 0 Å². The quantitative estimate of drug-likeness (QED) is 0.421. The van der Waals surface area contributed by atoms with E-state index in [9.17, 15) is 14.9 Å². The van der Waals surface area contributed by atoms with Crippen molar-refractivity contribution in [2.45, 2.75) is 13.8 Å². The van der Waals surface area contributed by atoms with Gasteiger partial charge < -0.3 is 9.30 Å². The van der Waals surface area contributed by atoms with Crippen molar-refractivity contribution in [3.63, 3.8) is 0 Å². The van der Waals surface area contributed by atoms with Gasteiger partial charge in [-0.15, -0.1) is 0 Å². The van der Waals surface area contributed by atoms with Gasteiger partial charge in [0, 0.05) is 7.05 Å². The summed E-state index contributed by atoms with van der Waals surface area (Å²) in [6, 6.07) is 0. The molecule has 0 N–H and O–H groups in total. The molecule has 1 heterocycles. The number of methoxy groups -OCH3 is 1. The first-order valence-electron chi connectivity index (χ1n) is 4.30. The van der Waals surface area contributed by atoms with Crippen LogP contribution in [0.5, 0.6) is 0 Å². The van der Waals surface area contributed by atoms with Crippen molar-refractivity contribution >= 4 is 11.7 Å². The normalized spacial score (nSPS) is 10.1. The molecule has 0 amide bonds. The van der Waals surface area contributed by atoms with Crippen molar-refractivity contribution in [1.29, 1.82) is 0 Å². The maximum Gasteiger partial charge on any atom is 0.355 e. The second kappa shape index (κ2) is 3.72. The minimum atomic E-state index is -0.564. The molecule has 0 saturated heterocycles. The highest BCUT2D eigenvalue weighted by Gasteiger charge is 2.28. The van der Waals surface area contributed by atoms with Gasteiger partial charge in [-0.05, 0) is 13.8 Å². The maximum atomic E-state index is 11.4. The Morgan fingerprint density at radius 1 is 1.47 bits per heavy atom. The van der Waals surface area contributed by atoms with Crippen LogP contribution in [0.25, 0.3) is 0 Å². The van der Waals surface area contributed by atoms with Crippen LogP contribution in [0.4, 0.5) is 5.69 Å². The summed E-state index contributed by atoms with van der Waals surface area (Å²) in [6.07, 6.45) is 0. The van der Waals surface area contributed by atoms with Crippen molar-refractivity contribution in [3.8, 4) is 0 Å². The lowest BCUT2D eigenvalue weighted by molar-refractivity contribution is -0.386. The number of nitrogens with zero attached hydrogens (tertiary/aromatic N) is 2. The third-order valence-electron chi connectivity index (χ3n) is 2.45. The molecule has 6 nitrogen and oxygen atoms in total. The van der Waals surface area contributed by atoms with Crippen LogP contribution >= 0.6 is 0 Å².